The molecular formula is C17H17N4O4S-. The van der Waals surface area contributed by atoms with Crippen LogP contribution in [-0.2, 0) is 4.79 Å². The summed E-state index contributed by atoms with van der Waals surface area (Å²) >= 11 is 1.14. The number of hydrogen-bond donors (Lipinski definition) is 0. The van der Waals surface area contributed by atoms with E-state index >= 15 is 0 Å². The number of carbonyl (C=O) groups excluding carboxylic acids is 1. The number of nitrogens with zero attached hydrogens (tertiary/aromatic N) is 4. The number of thioether (sulfide) groups is 1. The summed E-state index contributed by atoms with van der Waals surface area (Å²) in [5.41, 5.74) is 1.30. The molecule has 0 unspecified atom stereocenters. The first-order valence-corrected chi connectivity index (χ1v) is 8.77. The Labute approximate surface area is 154 Å². The van der Waals surface area contributed by atoms with Crippen LogP contribution in [0.4, 0.5) is 0 Å². The van der Waals surface area contributed by atoms with E-state index in [0.717, 1.165) is 17.3 Å². The SMILES string of the molecule is CC[C@@H](Sc1ccc2nnc(-c3ccc(OC)c(OC)c3)n2n1)C(=O)[O-]. The Morgan fingerprint density at radius 1 is 1.19 bits per heavy atom. The fourth-order valence-corrected chi connectivity index (χ4v) is 3.26. The number of fused-ring (bicyclic) bond motifs is 1. The molecular weight excluding hydrogens is 356 g/mol. The van der Waals surface area contributed by atoms with Crippen LogP contribution < -0.4 is 14.6 Å². The highest BCUT2D eigenvalue weighted by atomic mass is 32.2. The van der Waals surface area contributed by atoms with Gasteiger partial charge in [0.2, 0.25) is 0 Å². The summed E-state index contributed by atoms with van der Waals surface area (Å²) in [6.07, 6.45) is 0.442. The summed E-state index contributed by atoms with van der Waals surface area (Å²) in [7, 11) is 3.12. The second-order valence-electron chi connectivity index (χ2n) is 5.37. The van der Waals surface area contributed by atoms with Crippen molar-refractivity contribution in [3.05, 3.63) is 30.3 Å². The van der Waals surface area contributed by atoms with Crippen molar-refractivity contribution in [3.8, 4) is 22.9 Å². The van der Waals surface area contributed by atoms with Crippen molar-refractivity contribution < 1.29 is 19.4 Å². The van der Waals surface area contributed by atoms with Gasteiger partial charge in [-0.2, -0.15) is 9.61 Å². The standard InChI is InChI=1S/C17H18N4O4S/c1-4-13(17(22)23)26-15-8-7-14-18-19-16(21(14)20-15)10-5-6-11(24-2)12(9-10)25-3/h5-9,13H,4H2,1-3H3,(H,22,23)/p-1/t13-/m1/s1. The molecule has 0 saturated carbocycles. The summed E-state index contributed by atoms with van der Waals surface area (Å²) in [6.45, 7) is 1.79. The predicted molar refractivity (Wildman–Crippen MR) is 94.3 cm³/mol. The first-order chi connectivity index (χ1) is 12.6. The number of ether oxygens (including phenoxy) is 2. The molecule has 0 aliphatic rings. The molecule has 0 bridgehead atoms. The second kappa shape index (κ2) is 7.61. The van der Waals surface area contributed by atoms with E-state index in [1.165, 1.54) is 0 Å². The van der Waals surface area contributed by atoms with Gasteiger partial charge in [0.1, 0.15) is 5.03 Å². The number of carboxylic acids is 1. The first kappa shape index (κ1) is 18.0. The average molecular weight is 373 g/mol. The van der Waals surface area contributed by atoms with Crippen LogP contribution in [0.2, 0.25) is 0 Å². The fraction of sp³-hybridized carbons (Fsp3) is 0.294. The summed E-state index contributed by atoms with van der Waals surface area (Å²) in [5.74, 6) is 0.581. The predicted octanol–water partition coefficient (Wildman–Crippen LogP) is 1.43. The molecule has 1 aromatic carbocycles. The van der Waals surface area contributed by atoms with E-state index in [0.29, 0.717) is 34.4 Å². The van der Waals surface area contributed by atoms with Crippen molar-refractivity contribution in [2.24, 2.45) is 0 Å². The van der Waals surface area contributed by atoms with E-state index in [1.54, 1.807) is 49.9 Å². The topological polar surface area (TPSA) is 102 Å². The van der Waals surface area contributed by atoms with Gasteiger partial charge in [-0.25, -0.2) is 0 Å². The normalized spacial score (nSPS) is 12.1. The van der Waals surface area contributed by atoms with Gasteiger partial charge in [0, 0.05) is 5.56 Å². The number of benzene rings is 1. The van der Waals surface area contributed by atoms with Crippen molar-refractivity contribution >= 4 is 23.4 Å². The van der Waals surface area contributed by atoms with Gasteiger partial charge < -0.3 is 19.4 Å². The van der Waals surface area contributed by atoms with E-state index < -0.39 is 11.2 Å². The lowest BCUT2D eigenvalue weighted by Crippen LogP contribution is -2.33. The molecule has 3 aromatic rings. The molecule has 0 aliphatic heterocycles. The van der Waals surface area contributed by atoms with Crippen molar-refractivity contribution in [2.45, 2.75) is 23.6 Å². The minimum Gasteiger partial charge on any atom is -0.549 e. The Balaban J connectivity index is 2.02. The average Bonchev–Trinajstić information content (AvgIpc) is 3.08. The molecule has 0 fully saturated rings. The molecule has 9 heteroatoms. The smallest absolute Gasteiger partial charge is 0.185 e. The molecule has 0 saturated heterocycles. The largest absolute Gasteiger partial charge is 0.549 e. The zero-order chi connectivity index (χ0) is 18.7. The molecule has 2 aromatic heterocycles. The van der Waals surface area contributed by atoms with Crippen molar-refractivity contribution in [3.63, 3.8) is 0 Å². The number of carbonyl (C=O) groups is 1. The first-order valence-electron chi connectivity index (χ1n) is 7.89. The highest BCUT2D eigenvalue weighted by Gasteiger charge is 2.15. The summed E-state index contributed by atoms with van der Waals surface area (Å²) in [5, 5.41) is 23.8. The number of methoxy groups -OCH3 is 2. The van der Waals surface area contributed by atoms with Crippen molar-refractivity contribution in [1.82, 2.24) is 19.8 Å². The molecule has 136 valence electrons. The molecule has 0 N–H and O–H groups in total. The molecule has 1 atom stereocenters. The number of hydrogen-bond acceptors (Lipinski definition) is 8. The van der Waals surface area contributed by atoms with Crippen LogP contribution >= 0.6 is 11.8 Å². The van der Waals surface area contributed by atoms with Crippen molar-refractivity contribution in [1.29, 1.82) is 0 Å². The minimum atomic E-state index is -1.11. The highest BCUT2D eigenvalue weighted by Crippen LogP contribution is 2.32. The van der Waals surface area contributed by atoms with Gasteiger partial charge >= 0.3 is 0 Å². The highest BCUT2D eigenvalue weighted by molar-refractivity contribution is 8.00. The van der Waals surface area contributed by atoms with Gasteiger partial charge in [-0.3, -0.25) is 0 Å². The number of rotatable bonds is 7. The van der Waals surface area contributed by atoms with E-state index in [4.69, 9.17) is 9.47 Å². The minimum absolute atomic E-state index is 0.442. The molecule has 26 heavy (non-hydrogen) atoms. The number of carboxylic acid groups (broad SMARTS) is 1. The maximum Gasteiger partial charge on any atom is 0.185 e. The van der Waals surface area contributed by atoms with E-state index in [2.05, 4.69) is 15.3 Å². The van der Waals surface area contributed by atoms with Crippen LogP contribution in [0, 0.1) is 0 Å². The lowest BCUT2D eigenvalue weighted by atomic mass is 10.2. The quantitative estimate of drug-likeness (QED) is 0.573. The monoisotopic (exact) mass is 373 g/mol. The van der Waals surface area contributed by atoms with Gasteiger partial charge in [0.25, 0.3) is 0 Å². The molecule has 0 radical (unpaired) electrons. The third-order valence-corrected chi connectivity index (χ3v) is 5.05. The lowest BCUT2D eigenvalue weighted by Gasteiger charge is -2.14. The van der Waals surface area contributed by atoms with Crippen LogP contribution in [0.25, 0.3) is 17.0 Å². The Kier molecular flexibility index (Phi) is 5.27. The zero-order valence-electron chi connectivity index (χ0n) is 14.5. The van der Waals surface area contributed by atoms with Crippen LogP contribution in [0.1, 0.15) is 13.3 Å². The Morgan fingerprint density at radius 2 is 1.96 bits per heavy atom. The Hall–Kier alpha value is -2.81. The third-order valence-electron chi connectivity index (χ3n) is 3.78. The zero-order valence-corrected chi connectivity index (χ0v) is 15.3. The lowest BCUT2D eigenvalue weighted by molar-refractivity contribution is -0.304. The number of aromatic nitrogens is 4. The van der Waals surface area contributed by atoms with Crippen LogP contribution in [-0.4, -0.2) is 45.3 Å². The molecule has 3 rings (SSSR count). The maximum absolute atomic E-state index is 11.2. The van der Waals surface area contributed by atoms with E-state index in [-0.39, 0.29) is 0 Å². The van der Waals surface area contributed by atoms with Gasteiger partial charge in [0.15, 0.2) is 23.0 Å². The third kappa shape index (κ3) is 3.43. The summed E-state index contributed by atoms with van der Waals surface area (Å²) in [4.78, 5) is 11.2. The van der Waals surface area contributed by atoms with Gasteiger partial charge in [-0.05, 0) is 36.8 Å². The molecule has 0 spiro atoms. The molecule has 0 amide bonds. The van der Waals surface area contributed by atoms with Crippen LogP contribution in [0.3, 0.4) is 0 Å². The molecule has 0 aliphatic carbocycles. The van der Waals surface area contributed by atoms with E-state index in [9.17, 15) is 9.90 Å². The Morgan fingerprint density at radius 3 is 2.62 bits per heavy atom. The molecule has 2 heterocycles. The summed E-state index contributed by atoms with van der Waals surface area (Å²) < 4.78 is 12.1. The summed E-state index contributed by atoms with van der Waals surface area (Å²) in [6, 6.07) is 8.85. The second-order valence-corrected chi connectivity index (χ2v) is 6.59. The van der Waals surface area contributed by atoms with Gasteiger partial charge in [-0.15, -0.1) is 10.2 Å². The van der Waals surface area contributed by atoms with Crippen LogP contribution in [0.5, 0.6) is 11.5 Å². The van der Waals surface area contributed by atoms with Crippen molar-refractivity contribution in [2.75, 3.05) is 14.2 Å². The fourth-order valence-electron chi connectivity index (χ4n) is 2.43. The van der Waals surface area contributed by atoms with E-state index in [1.807, 2.05) is 6.07 Å². The molecule has 8 nitrogen and oxygen atoms in total. The van der Waals surface area contributed by atoms with Gasteiger partial charge in [0.05, 0.1) is 25.4 Å². The van der Waals surface area contributed by atoms with Gasteiger partial charge in [-0.1, -0.05) is 18.7 Å². The van der Waals surface area contributed by atoms with Crippen LogP contribution in [0.15, 0.2) is 35.4 Å². The maximum atomic E-state index is 11.2. The Bertz CT molecular complexity index is 944. The number of aliphatic carboxylic acids is 1.